The number of Topliss-reactive ketones (excluding diaryl/α,β-unsaturated/α-hetero) is 1. The van der Waals surface area contributed by atoms with E-state index in [0.717, 1.165) is 23.7 Å². The van der Waals surface area contributed by atoms with Gasteiger partial charge in [0.05, 0.1) is 18.3 Å². The minimum Gasteiger partial charge on any atom is -0.483 e. The monoisotopic (exact) mass is 419 g/mol. The quantitative estimate of drug-likeness (QED) is 0.728. The number of ether oxygens (including phenoxy) is 2. The number of carbonyl (C=O) groups excluding carboxylic acids is 1. The lowest BCUT2D eigenvalue weighted by molar-refractivity contribution is -0.153. The van der Waals surface area contributed by atoms with Crippen molar-refractivity contribution in [2.24, 2.45) is 16.6 Å². The van der Waals surface area contributed by atoms with E-state index < -0.39 is 12.8 Å². The summed E-state index contributed by atoms with van der Waals surface area (Å²) in [5, 5.41) is 0. The van der Waals surface area contributed by atoms with E-state index in [-0.39, 0.29) is 35.1 Å². The van der Waals surface area contributed by atoms with Gasteiger partial charge in [0.15, 0.2) is 12.4 Å². The molecule has 30 heavy (non-hydrogen) atoms. The molecule has 4 rings (SSSR count). The highest BCUT2D eigenvalue weighted by molar-refractivity contribution is 5.95. The molecule has 0 radical (unpaired) electrons. The van der Waals surface area contributed by atoms with Gasteiger partial charge in [-0.15, -0.1) is 0 Å². The number of aromatic nitrogens is 1. The molecule has 0 spiro atoms. The van der Waals surface area contributed by atoms with Gasteiger partial charge < -0.3 is 15.2 Å². The molecule has 158 valence electrons. The second-order valence-corrected chi connectivity index (χ2v) is 7.53. The Labute approximate surface area is 170 Å². The largest absolute Gasteiger partial charge is 0.483 e. The fraction of sp³-hybridized carbons (Fsp3) is 0.381. The van der Waals surface area contributed by atoms with Crippen LogP contribution in [0.3, 0.4) is 0 Å². The minimum atomic E-state index is -4.43. The Balaban J connectivity index is 1.44. The zero-order valence-corrected chi connectivity index (χ0v) is 16.0. The van der Waals surface area contributed by atoms with Gasteiger partial charge in [0.1, 0.15) is 23.9 Å². The number of carbonyl (C=O) groups is 1. The molecule has 1 aliphatic heterocycles. The van der Waals surface area contributed by atoms with Crippen molar-refractivity contribution >= 4 is 11.6 Å². The normalized spacial score (nSPS) is 23.2. The fourth-order valence-electron chi connectivity index (χ4n) is 3.69. The first-order valence-corrected chi connectivity index (χ1v) is 9.45. The molecule has 9 heteroatoms. The van der Waals surface area contributed by atoms with Crippen LogP contribution >= 0.6 is 0 Å². The summed E-state index contributed by atoms with van der Waals surface area (Å²) in [4.78, 5) is 21.2. The highest BCUT2D eigenvalue weighted by Crippen LogP contribution is 2.56. The van der Waals surface area contributed by atoms with Crippen molar-refractivity contribution in [1.82, 2.24) is 4.98 Å². The lowest BCUT2D eigenvalue weighted by Crippen LogP contribution is -2.20. The molecule has 2 N–H and O–H groups in total. The lowest BCUT2D eigenvalue weighted by Gasteiger charge is -2.14. The molecule has 2 aliphatic rings. The van der Waals surface area contributed by atoms with Gasteiger partial charge >= 0.3 is 6.18 Å². The maximum absolute atomic E-state index is 12.6. The van der Waals surface area contributed by atoms with E-state index in [2.05, 4.69) is 14.7 Å². The standard InChI is InChI=1S/C21H20F3N3O3/c22-21(23,24)12-30-16-4-5-17(26-9-16)18(28)7-13-2-1-3-14(6-13)20-8-15(20)10-29-11-19(25)27-20/h1-6,9,15H,7-8,10-12H2,(H2,25,27)/t15-,20+/m0/s1. The van der Waals surface area contributed by atoms with Crippen LogP contribution in [0.25, 0.3) is 0 Å². The van der Waals surface area contributed by atoms with Crippen molar-refractivity contribution in [1.29, 1.82) is 0 Å². The number of hydrogen-bond donors (Lipinski definition) is 1. The van der Waals surface area contributed by atoms with Crippen LogP contribution in [0, 0.1) is 5.92 Å². The number of pyridine rings is 1. The number of amidine groups is 1. The number of nitrogens with zero attached hydrogens (tertiary/aromatic N) is 2. The SMILES string of the molecule is NC1=N[C@@]2(c3cccc(CC(=O)c4ccc(OCC(F)(F)F)cn4)c3)C[C@H]2COC1. The molecule has 2 atom stereocenters. The van der Waals surface area contributed by atoms with Gasteiger partial charge in [-0.05, 0) is 29.7 Å². The van der Waals surface area contributed by atoms with Crippen molar-refractivity contribution in [2.45, 2.75) is 24.6 Å². The molecular formula is C21H20F3N3O3. The van der Waals surface area contributed by atoms with Gasteiger partial charge in [-0.25, -0.2) is 4.98 Å². The number of alkyl halides is 3. The third kappa shape index (κ3) is 4.46. The number of hydrogen-bond acceptors (Lipinski definition) is 6. The smallest absolute Gasteiger partial charge is 0.422 e. The Morgan fingerprint density at radius 3 is 2.87 bits per heavy atom. The van der Waals surface area contributed by atoms with Crippen LogP contribution in [-0.4, -0.2) is 42.6 Å². The highest BCUT2D eigenvalue weighted by Gasteiger charge is 2.56. The van der Waals surface area contributed by atoms with Gasteiger partial charge in [0.2, 0.25) is 0 Å². The van der Waals surface area contributed by atoms with E-state index in [0.29, 0.717) is 19.0 Å². The zero-order valence-electron chi connectivity index (χ0n) is 16.0. The van der Waals surface area contributed by atoms with Gasteiger partial charge in [-0.1, -0.05) is 24.3 Å². The maximum atomic E-state index is 12.6. The zero-order chi connectivity index (χ0) is 21.4. The number of ketones is 1. The molecular weight excluding hydrogens is 399 g/mol. The van der Waals surface area contributed by atoms with Crippen LogP contribution < -0.4 is 10.5 Å². The second-order valence-electron chi connectivity index (χ2n) is 7.53. The molecule has 1 aliphatic carbocycles. The molecule has 0 unspecified atom stereocenters. The first kappa shape index (κ1) is 20.3. The van der Waals surface area contributed by atoms with E-state index in [9.17, 15) is 18.0 Å². The molecule has 1 aromatic carbocycles. The van der Waals surface area contributed by atoms with Gasteiger partial charge in [-0.3, -0.25) is 9.79 Å². The van der Waals surface area contributed by atoms with Crippen LogP contribution in [0.5, 0.6) is 5.75 Å². The van der Waals surface area contributed by atoms with Crippen molar-refractivity contribution in [3.63, 3.8) is 0 Å². The van der Waals surface area contributed by atoms with Crippen LogP contribution in [0.1, 0.15) is 28.0 Å². The van der Waals surface area contributed by atoms with Gasteiger partial charge in [0, 0.05) is 12.3 Å². The summed E-state index contributed by atoms with van der Waals surface area (Å²) in [6.07, 6.45) is -2.35. The van der Waals surface area contributed by atoms with E-state index in [1.807, 2.05) is 24.3 Å². The summed E-state index contributed by atoms with van der Waals surface area (Å²) in [5.74, 6) is 0.450. The third-order valence-corrected chi connectivity index (χ3v) is 5.20. The number of aliphatic imine (C=N–C) groups is 1. The van der Waals surface area contributed by atoms with Gasteiger partial charge in [0.25, 0.3) is 0 Å². The molecule has 0 amide bonds. The Morgan fingerprint density at radius 1 is 1.30 bits per heavy atom. The molecule has 0 bridgehead atoms. The Hall–Kier alpha value is -2.94. The van der Waals surface area contributed by atoms with Crippen LogP contribution in [0.15, 0.2) is 47.6 Å². The molecule has 1 saturated carbocycles. The van der Waals surface area contributed by atoms with Crippen LogP contribution in [-0.2, 0) is 16.7 Å². The predicted octanol–water partition coefficient (Wildman–Crippen LogP) is 3.05. The maximum Gasteiger partial charge on any atom is 0.422 e. The first-order valence-electron chi connectivity index (χ1n) is 9.45. The summed E-state index contributed by atoms with van der Waals surface area (Å²) in [6, 6.07) is 10.3. The summed E-state index contributed by atoms with van der Waals surface area (Å²) >= 11 is 0. The Morgan fingerprint density at radius 2 is 2.13 bits per heavy atom. The number of fused-ring (bicyclic) bond motifs is 1. The Bertz CT molecular complexity index is 975. The summed E-state index contributed by atoms with van der Waals surface area (Å²) in [5.41, 5.74) is 7.49. The molecule has 6 nitrogen and oxygen atoms in total. The summed E-state index contributed by atoms with van der Waals surface area (Å²) in [7, 11) is 0. The Kier molecular flexibility index (Phi) is 5.23. The molecule has 2 aromatic rings. The molecule has 2 heterocycles. The first-order chi connectivity index (χ1) is 14.2. The third-order valence-electron chi connectivity index (χ3n) is 5.20. The molecule has 1 fully saturated rings. The van der Waals surface area contributed by atoms with E-state index in [1.165, 1.54) is 12.1 Å². The summed E-state index contributed by atoms with van der Waals surface area (Å²) < 4.78 is 46.8. The number of benzene rings is 1. The minimum absolute atomic E-state index is 0.0456. The number of halogens is 3. The van der Waals surface area contributed by atoms with Crippen LogP contribution in [0.2, 0.25) is 0 Å². The molecule has 0 saturated heterocycles. The average Bonchev–Trinajstić information content (AvgIpc) is 3.41. The summed E-state index contributed by atoms with van der Waals surface area (Å²) in [6.45, 7) is -0.486. The second kappa shape index (κ2) is 7.71. The highest BCUT2D eigenvalue weighted by atomic mass is 19.4. The van der Waals surface area contributed by atoms with Crippen molar-refractivity contribution in [3.8, 4) is 5.75 Å². The van der Waals surface area contributed by atoms with Crippen molar-refractivity contribution in [2.75, 3.05) is 19.8 Å². The van der Waals surface area contributed by atoms with E-state index in [1.54, 1.807) is 0 Å². The number of rotatable bonds is 6. The van der Waals surface area contributed by atoms with Gasteiger partial charge in [-0.2, -0.15) is 13.2 Å². The predicted molar refractivity (Wildman–Crippen MR) is 102 cm³/mol. The van der Waals surface area contributed by atoms with E-state index >= 15 is 0 Å². The molecule has 1 aromatic heterocycles. The number of nitrogens with two attached hydrogens (primary N) is 1. The van der Waals surface area contributed by atoms with E-state index in [4.69, 9.17) is 10.5 Å². The van der Waals surface area contributed by atoms with Crippen molar-refractivity contribution < 1.29 is 27.4 Å². The lowest BCUT2D eigenvalue weighted by atomic mass is 9.97. The average molecular weight is 419 g/mol. The van der Waals surface area contributed by atoms with Crippen LogP contribution in [0.4, 0.5) is 13.2 Å². The topological polar surface area (TPSA) is 86.8 Å². The fourth-order valence-corrected chi connectivity index (χ4v) is 3.69. The van der Waals surface area contributed by atoms with Crippen molar-refractivity contribution in [3.05, 3.63) is 59.4 Å².